The van der Waals surface area contributed by atoms with Gasteiger partial charge in [-0.1, -0.05) is 33.6 Å². The number of hydrogen-bond donors (Lipinski definition) is 0. The van der Waals surface area contributed by atoms with Crippen molar-refractivity contribution in [2.45, 2.75) is 46.1 Å². The van der Waals surface area contributed by atoms with E-state index in [1.807, 2.05) is 0 Å². The van der Waals surface area contributed by atoms with E-state index in [1.54, 1.807) is 0 Å². The van der Waals surface area contributed by atoms with Crippen LogP contribution in [0.2, 0.25) is 0 Å². The molecule has 11 heavy (non-hydrogen) atoms. The zero-order valence-electron chi connectivity index (χ0n) is 8.18. The van der Waals surface area contributed by atoms with Crippen LogP contribution in [0.15, 0.2) is 0 Å². The minimum atomic E-state index is 0.231. The summed E-state index contributed by atoms with van der Waals surface area (Å²) >= 11 is 0. The second-order valence-electron chi connectivity index (χ2n) is 4.16. The van der Waals surface area contributed by atoms with E-state index in [0.29, 0.717) is 0 Å². The molecule has 1 nitrogen and oxygen atoms in total. The Morgan fingerprint density at radius 1 is 1.45 bits per heavy atom. The van der Waals surface area contributed by atoms with Crippen LogP contribution < -0.4 is 0 Å². The Balaban J connectivity index is 2.34. The molecule has 0 amide bonds. The molecule has 1 saturated heterocycles. The molecule has 1 heterocycles. The molecule has 3 atom stereocenters. The summed E-state index contributed by atoms with van der Waals surface area (Å²) < 4.78 is 5.43. The van der Waals surface area contributed by atoms with Gasteiger partial charge in [-0.05, 0) is 18.8 Å². The summed E-state index contributed by atoms with van der Waals surface area (Å²) in [6, 6.07) is 0. The van der Waals surface area contributed by atoms with Crippen LogP contribution in [0.25, 0.3) is 0 Å². The molecular weight excluding hydrogens is 136 g/mol. The van der Waals surface area contributed by atoms with Crippen molar-refractivity contribution in [3.05, 3.63) is 0 Å². The topological polar surface area (TPSA) is 12.5 Å². The van der Waals surface area contributed by atoms with Gasteiger partial charge in [0.05, 0.1) is 12.2 Å². The summed E-state index contributed by atoms with van der Waals surface area (Å²) in [6.07, 6.45) is 2.63. The van der Waals surface area contributed by atoms with Crippen LogP contribution in [0, 0.1) is 11.8 Å². The third-order valence-electron chi connectivity index (χ3n) is 3.16. The Hall–Kier alpha value is -0.0400. The van der Waals surface area contributed by atoms with E-state index < -0.39 is 0 Å². The Morgan fingerprint density at radius 2 is 2.00 bits per heavy atom. The average Bonchev–Trinajstić information content (AvgIpc) is 2.68. The molecular formula is C10H20O. The highest BCUT2D eigenvalue weighted by Gasteiger charge is 2.46. The number of epoxide rings is 1. The van der Waals surface area contributed by atoms with Crippen molar-refractivity contribution in [1.29, 1.82) is 0 Å². The standard InChI is InChI=1S/C10H20O/c1-5-6-8(2)9(3)10(4)7-11-10/h8-9H,5-7H2,1-4H3. The zero-order chi connectivity index (χ0) is 8.48. The third kappa shape index (κ3) is 1.96. The monoisotopic (exact) mass is 156 g/mol. The summed E-state index contributed by atoms with van der Waals surface area (Å²) in [4.78, 5) is 0. The zero-order valence-corrected chi connectivity index (χ0v) is 8.18. The molecule has 0 aliphatic carbocycles. The molecule has 1 rings (SSSR count). The molecule has 0 radical (unpaired) electrons. The summed E-state index contributed by atoms with van der Waals surface area (Å²) in [5.74, 6) is 1.54. The lowest BCUT2D eigenvalue weighted by Gasteiger charge is -2.22. The first-order valence-corrected chi connectivity index (χ1v) is 4.74. The molecule has 66 valence electrons. The predicted octanol–water partition coefficient (Wildman–Crippen LogP) is 2.85. The van der Waals surface area contributed by atoms with Crippen LogP contribution in [0.3, 0.4) is 0 Å². The van der Waals surface area contributed by atoms with Crippen LogP contribution >= 0.6 is 0 Å². The Kier molecular flexibility index (Phi) is 2.58. The van der Waals surface area contributed by atoms with Gasteiger partial charge in [0, 0.05) is 0 Å². The highest BCUT2D eigenvalue weighted by Crippen LogP contribution is 2.39. The van der Waals surface area contributed by atoms with Crippen molar-refractivity contribution < 1.29 is 4.74 Å². The van der Waals surface area contributed by atoms with Crippen molar-refractivity contribution in [2.24, 2.45) is 11.8 Å². The van der Waals surface area contributed by atoms with E-state index in [4.69, 9.17) is 4.74 Å². The third-order valence-corrected chi connectivity index (χ3v) is 3.16. The summed E-state index contributed by atoms with van der Waals surface area (Å²) in [7, 11) is 0. The first kappa shape index (κ1) is 9.05. The van der Waals surface area contributed by atoms with Crippen LogP contribution in [-0.4, -0.2) is 12.2 Å². The predicted molar refractivity (Wildman–Crippen MR) is 47.6 cm³/mol. The van der Waals surface area contributed by atoms with Gasteiger partial charge in [-0.2, -0.15) is 0 Å². The molecule has 3 unspecified atom stereocenters. The lowest BCUT2D eigenvalue weighted by molar-refractivity contribution is 0.189. The molecule has 0 aromatic heterocycles. The molecule has 0 spiro atoms. The van der Waals surface area contributed by atoms with Crippen molar-refractivity contribution in [1.82, 2.24) is 0 Å². The number of hydrogen-bond acceptors (Lipinski definition) is 1. The van der Waals surface area contributed by atoms with Gasteiger partial charge in [-0.3, -0.25) is 0 Å². The largest absolute Gasteiger partial charge is 0.370 e. The molecule has 1 aliphatic heterocycles. The minimum Gasteiger partial charge on any atom is -0.370 e. The van der Waals surface area contributed by atoms with Crippen LogP contribution in [0.4, 0.5) is 0 Å². The SMILES string of the molecule is CCCC(C)C(C)C1(C)CO1. The van der Waals surface area contributed by atoms with E-state index in [0.717, 1.165) is 18.4 Å². The van der Waals surface area contributed by atoms with Crippen LogP contribution in [0.5, 0.6) is 0 Å². The second-order valence-corrected chi connectivity index (χ2v) is 4.16. The van der Waals surface area contributed by atoms with Crippen LogP contribution in [0.1, 0.15) is 40.5 Å². The van der Waals surface area contributed by atoms with Gasteiger partial charge in [0.15, 0.2) is 0 Å². The Bertz CT molecular complexity index is 127. The van der Waals surface area contributed by atoms with Gasteiger partial charge >= 0.3 is 0 Å². The lowest BCUT2D eigenvalue weighted by Crippen LogP contribution is -2.24. The van der Waals surface area contributed by atoms with Gasteiger partial charge in [0.1, 0.15) is 0 Å². The summed E-state index contributed by atoms with van der Waals surface area (Å²) in [5, 5.41) is 0. The first-order valence-electron chi connectivity index (χ1n) is 4.74. The maximum atomic E-state index is 5.43. The maximum Gasteiger partial charge on any atom is 0.0916 e. The molecule has 0 aromatic rings. The highest BCUT2D eigenvalue weighted by molar-refractivity contribution is 4.93. The number of ether oxygens (including phenoxy) is 1. The maximum absolute atomic E-state index is 5.43. The Morgan fingerprint density at radius 3 is 2.36 bits per heavy atom. The first-order chi connectivity index (χ1) is 5.10. The lowest BCUT2D eigenvalue weighted by atomic mass is 9.83. The quantitative estimate of drug-likeness (QED) is 0.570. The van der Waals surface area contributed by atoms with Crippen LogP contribution in [-0.2, 0) is 4.74 Å². The van der Waals surface area contributed by atoms with Crippen molar-refractivity contribution in [3.63, 3.8) is 0 Å². The number of rotatable bonds is 4. The molecule has 1 heteroatoms. The molecule has 0 saturated carbocycles. The van der Waals surface area contributed by atoms with Gasteiger partial charge < -0.3 is 4.74 Å². The fourth-order valence-electron chi connectivity index (χ4n) is 1.68. The van der Waals surface area contributed by atoms with E-state index >= 15 is 0 Å². The van der Waals surface area contributed by atoms with E-state index in [2.05, 4.69) is 27.7 Å². The fraction of sp³-hybridized carbons (Fsp3) is 1.00. The second kappa shape index (κ2) is 3.14. The molecule has 0 N–H and O–H groups in total. The molecule has 1 aliphatic rings. The fourth-order valence-corrected chi connectivity index (χ4v) is 1.68. The van der Waals surface area contributed by atoms with E-state index in [9.17, 15) is 0 Å². The van der Waals surface area contributed by atoms with Crippen molar-refractivity contribution in [3.8, 4) is 0 Å². The van der Waals surface area contributed by atoms with Gasteiger partial charge in [-0.15, -0.1) is 0 Å². The smallest absolute Gasteiger partial charge is 0.0916 e. The summed E-state index contributed by atoms with van der Waals surface area (Å²) in [5.41, 5.74) is 0.231. The van der Waals surface area contributed by atoms with E-state index in [-0.39, 0.29) is 5.60 Å². The molecule has 1 fully saturated rings. The average molecular weight is 156 g/mol. The van der Waals surface area contributed by atoms with E-state index in [1.165, 1.54) is 12.8 Å². The van der Waals surface area contributed by atoms with Crippen molar-refractivity contribution in [2.75, 3.05) is 6.61 Å². The van der Waals surface area contributed by atoms with Gasteiger partial charge in [0.2, 0.25) is 0 Å². The highest BCUT2D eigenvalue weighted by atomic mass is 16.6. The normalized spacial score (nSPS) is 34.9. The molecule has 0 bridgehead atoms. The minimum absolute atomic E-state index is 0.231. The Labute approximate surface area is 70.1 Å². The van der Waals surface area contributed by atoms with Gasteiger partial charge in [-0.25, -0.2) is 0 Å². The summed E-state index contributed by atoms with van der Waals surface area (Å²) in [6.45, 7) is 10.1. The van der Waals surface area contributed by atoms with Gasteiger partial charge in [0.25, 0.3) is 0 Å². The molecule has 0 aromatic carbocycles. The van der Waals surface area contributed by atoms with Crippen molar-refractivity contribution >= 4 is 0 Å².